The molecule has 0 bridgehead atoms. The fourth-order valence-electron chi connectivity index (χ4n) is 2.14. The number of rotatable bonds is 4. The maximum absolute atomic E-state index is 11.9. The van der Waals surface area contributed by atoms with Crippen LogP contribution in [0, 0.1) is 11.8 Å². The van der Waals surface area contributed by atoms with Crippen molar-refractivity contribution in [3.05, 3.63) is 0 Å². The van der Waals surface area contributed by atoms with Gasteiger partial charge < -0.3 is 19.7 Å². The van der Waals surface area contributed by atoms with E-state index in [0.29, 0.717) is 38.1 Å². The Labute approximate surface area is 133 Å². The Morgan fingerprint density at radius 2 is 1.82 bits per heavy atom. The molecule has 0 aromatic heterocycles. The van der Waals surface area contributed by atoms with Gasteiger partial charge in [0, 0.05) is 19.6 Å². The van der Waals surface area contributed by atoms with Gasteiger partial charge in [0.25, 0.3) is 0 Å². The molecule has 1 aliphatic rings. The van der Waals surface area contributed by atoms with Crippen LogP contribution in [0.5, 0.6) is 0 Å². The fourth-order valence-corrected chi connectivity index (χ4v) is 2.14. The zero-order chi connectivity index (χ0) is 16.8. The number of nitrogens with zero attached hydrogens (tertiary/aromatic N) is 1. The number of hydrogen-bond donors (Lipinski definition) is 1. The lowest BCUT2D eigenvalue weighted by atomic mass is 9.98. The minimum absolute atomic E-state index is 0.262. The molecule has 1 N–H and O–H groups in total. The van der Waals surface area contributed by atoms with Crippen molar-refractivity contribution in [2.24, 2.45) is 11.8 Å². The van der Waals surface area contributed by atoms with Gasteiger partial charge in [0.1, 0.15) is 5.60 Å². The lowest BCUT2D eigenvalue weighted by Crippen LogP contribution is -2.42. The van der Waals surface area contributed by atoms with E-state index in [0.717, 1.165) is 12.8 Å². The molecular formula is C16H30N2O4. The molecule has 1 heterocycles. The number of likely N-dealkylation sites (tertiary alicyclic amines) is 1. The van der Waals surface area contributed by atoms with Crippen LogP contribution in [0.25, 0.3) is 0 Å². The van der Waals surface area contributed by atoms with Gasteiger partial charge in [-0.3, -0.25) is 0 Å². The summed E-state index contributed by atoms with van der Waals surface area (Å²) in [5.41, 5.74) is -0.467. The zero-order valence-corrected chi connectivity index (χ0v) is 14.5. The first-order chi connectivity index (χ1) is 10.2. The molecule has 0 radical (unpaired) electrons. The second-order valence-corrected chi connectivity index (χ2v) is 7.28. The standard InChI is InChI=1S/C16H30N2O4/c1-12(2)10-17-14(19)21-11-13-6-8-18(9-7-13)15(20)22-16(3,4)5/h12-13H,6-11H2,1-5H3,(H,17,19). The van der Waals surface area contributed by atoms with Crippen molar-refractivity contribution >= 4 is 12.2 Å². The Balaban J connectivity index is 2.22. The molecule has 1 aliphatic heterocycles. The largest absolute Gasteiger partial charge is 0.449 e. The normalized spacial score (nSPS) is 16.5. The number of alkyl carbamates (subject to hydrolysis) is 1. The van der Waals surface area contributed by atoms with Gasteiger partial charge >= 0.3 is 12.2 Å². The fraction of sp³-hybridized carbons (Fsp3) is 0.875. The van der Waals surface area contributed by atoms with Crippen molar-refractivity contribution in [2.45, 2.75) is 53.1 Å². The molecule has 0 unspecified atom stereocenters. The van der Waals surface area contributed by atoms with Gasteiger partial charge in [-0.2, -0.15) is 0 Å². The molecule has 0 aromatic carbocycles. The molecule has 6 nitrogen and oxygen atoms in total. The zero-order valence-electron chi connectivity index (χ0n) is 14.5. The van der Waals surface area contributed by atoms with E-state index in [1.807, 2.05) is 34.6 Å². The number of piperidine rings is 1. The Morgan fingerprint density at radius 3 is 2.32 bits per heavy atom. The summed E-state index contributed by atoms with van der Waals surface area (Å²) in [5.74, 6) is 0.716. The average molecular weight is 314 g/mol. The highest BCUT2D eigenvalue weighted by molar-refractivity contribution is 5.68. The Bertz CT molecular complexity index is 369. The van der Waals surface area contributed by atoms with Crippen molar-refractivity contribution in [2.75, 3.05) is 26.2 Å². The predicted octanol–water partition coefficient (Wildman–Crippen LogP) is 3.02. The Kier molecular flexibility index (Phi) is 6.97. The van der Waals surface area contributed by atoms with E-state index in [-0.39, 0.29) is 12.2 Å². The van der Waals surface area contributed by atoms with Crippen LogP contribution in [0.1, 0.15) is 47.5 Å². The summed E-state index contributed by atoms with van der Waals surface area (Å²) < 4.78 is 10.6. The highest BCUT2D eigenvalue weighted by atomic mass is 16.6. The number of amides is 2. The first-order valence-corrected chi connectivity index (χ1v) is 8.06. The van der Waals surface area contributed by atoms with Crippen molar-refractivity contribution < 1.29 is 19.1 Å². The van der Waals surface area contributed by atoms with E-state index in [2.05, 4.69) is 5.32 Å². The van der Waals surface area contributed by atoms with E-state index < -0.39 is 5.60 Å². The molecule has 0 aromatic rings. The first-order valence-electron chi connectivity index (χ1n) is 8.06. The van der Waals surface area contributed by atoms with Gasteiger partial charge in [0.15, 0.2) is 0 Å². The molecule has 2 amide bonds. The van der Waals surface area contributed by atoms with Gasteiger partial charge in [0.05, 0.1) is 6.61 Å². The predicted molar refractivity (Wildman–Crippen MR) is 84.7 cm³/mol. The molecule has 128 valence electrons. The summed E-state index contributed by atoms with van der Waals surface area (Å²) in [6, 6.07) is 0. The van der Waals surface area contributed by atoms with E-state index in [1.54, 1.807) is 4.90 Å². The molecule has 1 fully saturated rings. The molecular weight excluding hydrogens is 284 g/mol. The van der Waals surface area contributed by atoms with Crippen molar-refractivity contribution in [3.63, 3.8) is 0 Å². The Hall–Kier alpha value is -1.46. The number of carbonyl (C=O) groups is 2. The Morgan fingerprint density at radius 1 is 1.23 bits per heavy atom. The molecule has 0 spiro atoms. The third-order valence-corrected chi connectivity index (χ3v) is 3.37. The number of carbonyl (C=O) groups excluding carboxylic acids is 2. The smallest absolute Gasteiger partial charge is 0.410 e. The third-order valence-electron chi connectivity index (χ3n) is 3.37. The summed E-state index contributed by atoms with van der Waals surface area (Å²) in [7, 11) is 0. The highest BCUT2D eigenvalue weighted by Crippen LogP contribution is 2.19. The second kappa shape index (κ2) is 8.25. The van der Waals surface area contributed by atoms with Gasteiger partial charge in [-0.1, -0.05) is 13.8 Å². The van der Waals surface area contributed by atoms with Crippen LogP contribution >= 0.6 is 0 Å². The molecule has 0 atom stereocenters. The first kappa shape index (κ1) is 18.6. The number of ether oxygens (including phenoxy) is 2. The van der Waals surface area contributed by atoms with Gasteiger partial charge in [-0.05, 0) is 45.4 Å². The van der Waals surface area contributed by atoms with Crippen LogP contribution in [0.2, 0.25) is 0 Å². The van der Waals surface area contributed by atoms with Gasteiger partial charge in [-0.25, -0.2) is 9.59 Å². The van der Waals surface area contributed by atoms with Crippen molar-refractivity contribution in [1.82, 2.24) is 10.2 Å². The summed E-state index contributed by atoms with van der Waals surface area (Å²) in [4.78, 5) is 25.2. The lowest BCUT2D eigenvalue weighted by molar-refractivity contribution is 0.0149. The van der Waals surface area contributed by atoms with Crippen molar-refractivity contribution in [3.8, 4) is 0 Å². The third kappa shape index (κ3) is 7.52. The van der Waals surface area contributed by atoms with Crippen molar-refractivity contribution in [1.29, 1.82) is 0 Å². The van der Waals surface area contributed by atoms with E-state index in [9.17, 15) is 9.59 Å². The molecule has 1 rings (SSSR count). The molecule has 22 heavy (non-hydrogen) atoms. The second-order valence-electron chi connectivity index (χ2n) is 7.28. The summed E-state index contributed by atoms with van der Waals surface area (Å²) in [6.07, 6.45) is 1.04. The van der Waals surface area contributed by atoms with Crippen LogP contribution in [0.15, 0.2) is 0 Å². The van der Waals surface area contributed by atoms with E-state index in [4.69, 9.17) is 9.47 Å². The quantitative estimate of drug-likeness (QED) is 0.866. The highest BCUT2D eigenvalue weighted by Gasteiger charge is 2.27. The molecule has 1 saturated heterocycles. The van der Waals surface area contributed by atoms with Crippen LogP contribution in [-0.4, -0.2) is 48.9 Å². The number of hydrogen-bond acceptors (Lipinski definition) is 4. The lowest BCUT2D eigenvalue weighted by Gasteiger charge is -2.33. The minimum atomic E-state index is -0.467. The molecule has 0 aliphatic carbocycles. The average Bonchev–Trinajstić information content (AvgIpc) is 2.41. The SMILES string of the molecule is CC(C)CNC(=O)OCC1CCN(C(=O)OC(C)(C)C)CC1. The van der Waals surface area contributed by atoms with E-state index in [1.165, 1.54) is 0 Å². The number of nitrogens with one attached hydrogen (secondary N) is 1. The minimum Gasteiger partial charge on any atom is -0.449 e. The van der Waals surface area contributed by atoms with Crippen LogP contribution in [-0.2, 0) is 9.47 Å². The van der Waals surface area contributed by atoms with Crippen LogP contribution < -0.4 is 5.32 Å². The maximum Gasteiger partial charge on any atom is 0.410 e. The maximum atomic E-state index is 11.9. The monoisotopic (exact) mass is 314 g/mol. The summed E-state index contributed by atoms with van der Waals surface area (Å²) in [6.45, 7) is 12.0. The van der Waals surface area contributed by atoms with E-state index >= 15 is 0 Å². The van der Waals surface area contributed by atoms with Crippen LogP contribution in [0.3, 0.4) is 0 Å². The molecule has 6 heteroatoms. The topological polar surface area (TPSA) is 67.9 Å². The summed E-state index contributed by atoms with van der Waals surface area (Å²) >= 11 is 0. The summed E-state index contributed by atoms with van der Waals surface area (Å²) in [5, 5.41) is 2.73. The van der Waals surface area contributed by atoms with Gasteiger partial charge in [0.2, 0.25) is 0 Å². The molecule has 0 saturated carbocycles. The van der Waals surface area contributed by atoms with Crippen LogP contribution in [0.4, 0.5) is 9.59 Å². The van der Waals surface area contributed by atoms with Gasteiger partial charge in [-0.15, -0.1) is 0 Å².